The number of H-pyrrole nitrogens is 1. The van der Waals surface area contributed by atoms with E-state index in [2.05, 4.69) is 35.1 Å². The maximum atomic E-state index is 12.7. The van der Waals surface area contributed by atoms with Gasteiger partial charge in [0.15, 0.2) is 5.75 Å². The smallest absolute Gasteiger partial charge is 0.258 e. The van der Waals surface area contributed by atoms with Crippen LogP contribution in [0, 0.1) is 6.92 Å². The Hall–Kier alpha value is -3.12. The van der Waals surface area contributed by atoms with Crippen molar-refractivity contribution in [2.24, 2.45) is 0 Å². The SMILES string of the molecule is COc1ccc(C2c3sc4ccc(C)cc4c3Oc3nc[nH]c(=O)c32)cc1. The van der Waals surface area contributed by atoms with Crippen LogP contribution < -0.4 is 15.0 Å². The van der Waals surface area contributed by atoms with Crippen molar-refractivity contribution in [3.8, 4) is 17.4 Å². The van der Waals surface area contributed by atoms with Gasteiger partial charge in [0.25, 0.3) is 5.56 Å². The van der Waals surface area contributed by atoms with Gasteiger partial charge in [-0.3, -0.25) is 4.79 Å². The minimum atomic E-state index is -0.232. The predicted molar refractivity (Wildman–Crippen MR) is 105 cm³/mol. The molecule has 0 radical (unpaired) electrons. The van der Waals surface area contributed by atoms with Gasteiger partial charge in [-0.05, 0) is 36.8 Å². The molecule has 134 valence electrons. The minimum Gasteiger partial charge on any atom is -0.497 e. The molecule has 0 spiro atoms. The molecule has 27 heavy (non-hydrogen) atoms. The van der Waals surface area contributed by atoms with Crippen LogP contribution in [0.4, 0.5) is 0 Å². The molecule has 5 nitrogen and oxygen atoms in total. The molecule has 0 aliphatic carbocycles. The number of aryl methyl sites for hydroxylation is 1. The third kappa shape index (κ3) is 2.44. The van der Waals surface area contributed by atoms with E-state index < -0.39 is 0 Å². The zero-order chi connectivity index (χ0) is 18.5. The van der Waals surface area contributed by atoms with Gasteiger partial charge in [-0.25, -0.2) is 4.98 Å². The van der Waals surface area contributed by atoms with Crippen molar-refractivity contribution in [1.82, 2.24) is 9.97 Å². The minimum absolute atomic E-state index is 0.180. The van der Waals surface area contributed by atoms with E-state index >= 15 is 0 Å². The molecule has 6 heteroatoms. The summed E-state index contributed by atoms with van der Waals surface area (Å²) >= 11 is 1.66. The monoisotopic (exact) mass is 376 g/mol. The first-order chi connectivity index (χ1) is 13.2. The van der Waals surface area contributed by atoms with Crippen molar-refractivity contribution < 1.29 is 9.47 Å². The Morgan fingerprint density at radius 3 is 2.78 bits per heavy atom. The number of rotatable bonds is 2. The summed E-state index contributed by atoms with van der Waals surface area (Å²) in [5.41, 5.74) is 2.53. The second-order valence-electron chi connectivity index (χ2n) is 6.55. The fourth-order valence-electron chi connectivity index (χ4n) is 3.58. The van der Waals surface area contributed by atoms with Crippen LogP contribution in [0.2, 0.25) is 0 Å². The highest BCUT2D eigenvalue weighted by Crippen LogP contribution is 2.52. The van der Waals surface area contributed by atoms with Crippen LogP contribution in [-0.4, -0.2) is 17.1 Å². The molecule has 0 fully saturated rings. The first kappa shape index (κ1) is 16.1. The Morgan fingerprint density at radius 1 is 1.19 bits per heavy atom. The number of nitrogens with zero attached hydrogens (tertiary/aromatic N) is 1. The summed E-state index contributed by atoms with van der Waals surface area (Å²) in [5, 5.41) is 1.06. The number of aromatic nitrogens is 2. The van der Waals surface area contributed by atoms with Crippen LogP contribution >= 0.6 is 11.3 Å². The number of methoxy groups -OCH3 is 1. The lowest BCUT2D eigenvalue weighted by Crippen LogP contribution is -2.22. The van der Waals surface area contributed by atoms with Crippen molar-refractivity contribution in [2.45, 2.75) is 12.8 Å². The Bertz CT molecular complexity index is 1220. The molecule has 2 aromatic carbocycles. The van der Waals surface area contributed by atoms with Crippen LogP contribution in [0.1, 0.15) is 27.5 Å². The van der Waals surface area contributed by atoms with Gasteiger partial charge in [0, 0.05) is 10.1 Å². The summed E-state index contributed by atoms with van der Waals surface area (Å²) in [6, 6.07) is 14.1. The molecule has 0 amide bonds. The highest BCUT2D eigenvalue weighted by Gasteiger charge is 2.35. The van der Waals surface area contributed by atoms with E-state index in [1.807, 2.05) is 24.3 Å². The molecule has 5 rings (SSSR count). The Kier molecular flexibility index (Phi) is 3.55. The summed E-state index contributed by atoms with van der Waals surface area (Å²) in [5.74, 6) is 1.71. The predicted octanol–water partition coefficient (Wildman–Crippen LogP) is 4.59. The van der Waals surface area contributed by atoms with Crippen LogP contribution in [0.25, 0.3) is 10.1 Å². The van der Waals surface area contributed by atoms with E-state index in [1.165, 1.54) is 6.33 Å². The normalized spacial score (nSPS) is 15.1. The van der Waals surface area contributed by atoms with Gasteiger partial charge in [-0.1, -0.05) is 23.8 Å². The molecule has 0 saturated carbocycles. The molecule has 1 atom stereocenters. The fraction of sp³-hybridized carbons (Fsp3) is 0.143. The van der Waals surface area contributed by atoms with E-state index in [4.69, 9.17) is 9.47 Å². The molecular weight excluding hydrogens is 360 g/mol. The molecule has 1 unspecified atom stereocenters. The molecular formula is C21H16N2O3S. The van der Waals surface area contributed by atoms with Gasteiger partial charge in [0.2, 0.25) is 5.88 Å². The largest absolute Gasteiger partial charge is 0.497 e. The van der Waals surface area contributed by atoms with Crippen molar-refractivity contribution in [1.29, 1.82) is 0 Å². The third-order valence-corrected chi connectivity index (χ3v) is 6.09. The topological polar surface area (TPSA) is 64.2 Å². The van der Waals surface area contributed by atoms with Crippen LogP contribution in [0.15, 0.2) is 53.6 Å². The number of nitrogens with one attached hydrogen (secondary N) is 1. The maximum Gasteiger partial charge on any atom is 0.258 e. The standard InChI is InChI=1S/C21H16N2O3S/c1-11-3-8-15-14(9-11)18-19(27-15)16(12-4-6-13(25-2)7-5-12)17-20(24)22-10-23-21(17)26-18/h3-10,16H,1-2H3,(H,22,23,24). The summed E-state index contributed by atoms with van der Waals surface area (Å²) in [4.78, 5) is 20.7. The van der Waals surface area contributed by atoms with E-state index in [0.29, 0.717) is 11.4 Å². The van der Waals surface area contributed by atoms with E-state index in [-0.39, 0.29) is 11.5 Å². The number of thiophene rings is 1. The molecule has 1 N–H and O–H groups in total. The van der Waals surface area contributed by atoms with Gasteiger partial charge >= 0.3 is 0 Å². The fourth-order valence-corrected chi connectivity index (χ4v) is 4.83. The summed E-state index contributed by atoms with van der Waals surface area (Å²) in [6.45, 7) is 2.06. The number of aromatic amines is 1. The van der Waals surface area contributed by atoms with Gasteiger partial charge < -0.3 is 14.5 Å². The Balaban J connectivity index is 1.81. The lowest BCUT2D eigenvalue weighted by Gasteiger charge is -2.24. The van der Waals surface area contributed by atoms with Crippen molar-refractivity contribution >= 4 is 21.4 Å². The average molecular weight is 376 g/mol. The van der Waals surface area contributed by atoms with Gasteiger partial charge in [-0.2, -0.15) is 0 Å². The molecule has 3 heterocycles. The second-order valence-corrected chi connectivity index (χ2v) is 7.64. The molecule has 2 aromatic heterocycles. The summed E-state index contributed by atoms with van der Waals surface area (Å²) < 4.78 is 12.5. The Morgan fingerprint density at radius 2 is 2.00 bits per heavy atom. The van der Waals surface area contributed by atoms with E-state index in [9.17, 15) is 4.79 Å². The van der Waals surface area contributed by atoms with Crippen LogP contribution in [0.3, 0.4) is 0 Å². The number of hydrogen-bond acceptors (Lipinski definition) is 5. The van der Waals surface area contributed by atoms with Crippen molar-refractivity contribution in [2.75, 3.05) is 7.11 Å². The van der Waals surface area contributed by atoms with Gasteiger partial charge in [0.1, 0.15) is 5.75 Å². The average Bonchev–Trinajstić information content (AvgIpc) is 3.04. The number of fused-ring (bicyclic) bond motifs is 4. The molecule has 0 saturated heterocycles. The van der Waals surface area contributed by atoms with E-state index in [0.717, 1.165) is 37.6 Å². The Labute approximate surface area is 159 Å². The molecule has 1 aliphatic heterocycles. The second kappa shape index (κ2) is 5.96. The summed E-state index contributed by atoms with van der Waals surface area (Å²) in [7, 11) is 1.64. The maximum absolute atomic E-state index is 12.7. The van der Waals surface area contributed by atoms with E-state index in [1.54, 1.807) is 18.4 Å². The molecule has 0 bridgehead atoms. The molecule has 1 aliphatic rings. The number of ether oxygens (including phenoxy) is 2. The zero-order valence-corrected chi connectivity index (χ0v) is 15.6. The quantitative estimate of drug-likeness (QED) is 0.489. The first-order valence-electron chi connectivity index (χ1n) is 8.58. The van der Waals surface area contributed by atoms with Crippen molar-refractivity contribution in [3.63, 3.8) is 0 Å². The highest BCUT2D eigenvalue weighted by atomic mass is 32.1. The zero-order valence-electron chi connectivity index (χ0n) is 14.8. The van der Waals surface area contributed by atoms with Crippen LogP contribution in [0.5, 0.6) is 17.4 Å². The lowest BCUT2D eigenvalue weighted by molar-refractivity contribution is 0.414. The van der Waals surface area contributed by atoms with Gasteiger partial charge in [0.05, 0.1) is 29.8 Å². The number of benzene rings is 2. The third-order valence-electron chi connectivity index (χ3n) is 4.87. The lowest BCUT2D eigenvalue weighted by atomic mass is 9.89. The highest BCUT2D eigenvalue weighted by molar-refractivity contribution is 7.19. The van der Waals surface area contributed by atoms with Crippen LogP contribution in [-0.2, 0) is 0 Å². The first-order valence-corrected chi connectivity index (χ1v) is 9.40. The van der Waals surface area contributed by atoms with Crippen molar-refractivity contribution in [3.05, 3.63) is 80.7 Å². The van der Waals surface area contributed by atoms with Gasteiger partial charge in [-0.15, -0.1) is 11.3 Å². The molecule has 4 aromatic rings. The summed E-state index contributed by atoms with van der Waals surface area (Å²) in [6.07, 6.45) is 1.39. The number of hydrogen-bond donors (Lipinski definition) is 1.